The molecule has 7 nitrogen and oxygen atoms in total. The lowest BCUT2D eigenvalue weighted by atomic mass is 9.91. The maximum Gasteiger partial charge on any atom is 0.336 e. The first kappa shape index (κ1) is 25.3. The maximum absolute atomic E-state index is 14.6. The van der Waals surface area contributed by atoms with Crippen LogP contribution in [0.15, 0.2) is 63.8 Å². The highest BCUT2D eigenvalue weighted by Crippen LogP contribution is 2.39. The molecule has 196 valence electrons. The molecule has 0 saturated carbocycles. The molecule has 38 heavy (non-hydrogen) atoms. The van der Waals surface area contributed by atoms with E-state index in [4.69, 9.17) is 18.6 Å². The van der Waals surface area contributed by atoms with Crippen LogP contribution in [-0.4, -0.2) is 38.2 Å². The van der Waals surface area contributed by atoms with Crippen molar-refractivity contribution in [3.63, 3.8) is 0 Å². The molecule has 1 amide bonds. The molecular weight excluding hydrogens is 496 g/mol. The summed E-state index contributed by atoms with van der Waals surface area (Å²) < 4.78 is 51.4. The Bertz CT molecular complexity index is 1580. The predicted octanol–water partition coefficient (Wildman–Crippen LogP) is 5.22. The van der Waals surface area contributed by atoms with Crippen LogP contribution < -0.4 is 19.8 Å². The van der Waals surface area contributed by atoms with E-state index in [0.29, 0.717) is 34.8 Å². The number of halogens is 2. The van der Waals surface area contributed by atoms with Gasteiger partial charge in [-0.1, -0.05) is 6.07 Å². The Labute approximate surface area is 217 Å². The number of methoxy groups -OCH3 is 2. The molecule has 0 N–H and O–H groups in total. The minimum atomic E-state index is -0.937. The quantitative estimate of drug-likeness (QED) is 0.324. The smallest absolute Gasteiger partial charge is 0.336 e. The summed E-state index contributed by atoms with van der Waals surface area (Å²) in [4.78, 5) is 26.7. The first-order valence-electron chi connectivity index (χ1n) is 12.0. The first-order valence-corrected chi connectivity index (χ1v) is 12.0. The van der Waals surface area contributed by atoms with Crippen LogP contribution in [0.2, 0.25) is 0 Å². The zero-order valence-electron chi connectivity index (χ0n) is 21.0. The van der Waals surface area contributed by atoms with Crippen LogP contribution in [0.1, 0.15) is 33.1 Å². The summed E-state index contributed by atoms with van der Waals surface area (Å²) in [6.45, 7) is 1.98. The van der Waals surface area contributed by atoms with E-state index in [-0.39, 0.29) is 13.2 Å². The van der Waals surface area contributed by atoms with E-state index >= 15 is 0 Å². The third kappa shape index (κ3) is 4.55. The van der Waals surface area contributed by atoms with E-state index in [1.165, 1.54) is 31.3 Å². The molecule has 1 atom stereocenters. The van der Waals surface area contributed by atoms with Crippen LogP contribution >= 0.6 is 0 Å². The maximum atomic E-state index is 14.6. The first-order chi connectivity index (χ1) is 18.3. The molecule has 0 aliphatic carbocycles. The van der Waals surface area contributed by atoms with Gasteiger partial charge in [0.25, 0.3) is 5.91 Å². The Morgan fingerprint density at radius 1 is 1.03 bits per heavy atom. The van der Waals surface area contributed by atoms with Gasteiger partial charge in [-0.15, -0.1) is 0 Å². The summed E-state index contributed by atoms with van der Waals surface area (Å²) in [6.07, 6.45) is 0.439. The molecule has 1 aliphatic heterocycles. The average molecular weight is 522 g/mol. The molecule has 5 rings (SSSR count). The number of aryl methyl sites for hydroxylation is 1. The molecule has 1 aromatic heterocycles. The number of amides is 1. The fourth-order valence-electron chi connectivity index (χ4n) is 4.87. The Hall–Kier alpha value is -4.40. The molecular formula is C29H25F2NO6. The van der Waals surface area contributed by atoms with Crippen LogP contribution in [0.25, 0.3) is 11.0 Å². The van der Waals surface area contributed by atoms with Gasteiger partial charge in [-0.3, -0.25) is 4.79 Å². The number of hydrogen-bond acceptors (Lipinski definition) is 6. The van der Waals surface area contributed by atoms with Gasteiger partial charge in [0.15, 0.2) is 11.5 Å². The minimum Gasteiger partial charge on any atom is -0.493 e. The van der Waals surface area contributed by atoms with Gasteiger partial charge >= 0.3 is 5.63 Å². The van der Waals surface area contributed by atoms with Crippen molar-refractivity contribution >= 4 is 16.9 Å². The van der Waals surface area contributed by atoms with E-state index in [9.17, 15) is 18.4 Å². The molecule has 3 aromatic carbocycles. The van der Waals surface area contributed by atoms with Gasteiger partial charge in [0, 0.05) is 24.1 Å². The predicted molar refractivity (Wildman–Crippen MR) is 136 cm³/mol. The van der Waals surface area contributed by atoms with Gasteiger partial charge in [0.05, 0.1) is 20.3 Å². The van der Waals surface area contributed by atoms with E-state index in [1.807, 2.05) is 13.0 Å². The molecule has 4 aromatic rings. The van der Waals surface area contributed by atoms with E-state index < -0.39 is 34.8 Å². The number of nitrogens with zero attached hydrogens (tertiary/aromatic N) is 1. The van der Waals surface area contributed by atoms with Crippen molar-refractivity contribution in [1.82, 2.24) is 4.90 Å². The monoisotopic (exact) mass is 521 g/mol. The molecule has 0 spiro atoms. The van der Waals surface area contributed by atoms with Crippen molar-refractivity contribution < 1.29 is 32.2 Å². The summed E-state index contributed by atoms with van der Waals surface area (Å²) in [5.41, 5.74) is 1.65. The second-order valence-corrected chi connectivity index (χ2v) is 8.98. The molecule has 0 radical (unpaired) electrons. The van der Waals surface area contributed by atoms with Gasteiger partial charge in [0.2, 0.25) is 0 Å². The fraction of sp³-hybridized carbons (Fsp3) is 0.241. The minimum absolute atomic E-state index is 0.0359. The summed E-state index contributed by atoms with van der Waals surface area (Å²) >= 11 is 0. The second kappa shape index (κ2) is 10.2. The Kier molecular flexibility index (Phi) is 6.75. The summed E-state index contributed by atoms with van der Waals surface area (Å²) in [7, 11) is 3.03. The molecule has 1 aliphatic rings. The number of rotatable bonds is 6. The van der Waals surface area contributed by atoms with E-state index in [2.05, 4.69) is 0 Å². The van der Waals surface area contributed by atoms with Gasteiger partial charge in [0.1, 0.15) is 35.1 Å². The Morgan fingerprint density at radius 2 is 1.74 bits per heavy atom. The van der Waals surface area contributed by atoms with Crippen molar-refractivity contribution in [1.29, 1.82) is 0 Å². The number of hydrogen-bond donors (Lipinski definition) is 0. The van der Waals surface area contributed by atoms with Crippen LogP contribution in [0.5, 0.6) is 17.2 Å². The average Bonchev–Trinajstić information content (AvgIpc) is 2.90. The molecule has 0 bridgehead atoms. The topological polar surface area (TPSA) is 78.2 Å². The summed E-state index contributed by atoms with van der Waals surface area (Å²) in [5.74, 6) is -1.27. The zero-order valence-corrected chi connectivity index (χ0v) is 21.0. The highest BCUT2D eigenvalue weighted by molar-refractivity contribution is 5.95. The summed E-state index contributed by atoms with van der Waals surface area (Å²) in [5, 5.41) is 0.767. The lowest BCUT2D eigenvalue weighted by Crippen LogP contribution is -2.43. The van der Waals surface area contributed by atoms with Crippen molar-refractivity contribution in [3.05, 3.63) is 98.9 Å². The standard InChI is InChI=1S/C29H25F2NO6/c1-16-11-27(33)38-24-13-18(7-8-19(16)24)37-15-23-20-14-26(36-3)25(35-2)12-17(20)9-10-32(23)29(34)28-21(30)5-4-6-22(28)31/h4-8,11-14,23H,9-10,15H2,1-3H3/t23-/m1/s1. The third-order valence-electron chi connectivity index (χ3n) is 6.77. The lowest BCUT2D eigenvalue weighted by molar-refractivity contribution is 0.0579. The van der Waals surface area contributed by atoms with Gasteiger partial charge in [-0.25, -0.2) is 13.6 Å². The summed E-state index contributed by atoms with van der Waals surface area (Å²) in [6, 6.07) is 12.7. The van der Waals surface area contributed by atoms with Crippen LogP contribution in [0, 0.1) is 18.6 Å². The van der Waals surface area contributed by atoms with Crippen LogP contribution in [0.4, 0.5) is 8.78 Å². The van der Waals surface area contributed by atoms with Crippen molar-refractivity contribution in [3.8, 4) is 17.2 Å². The normalized spacial score (nSPS) is 14.8. The molecule has 0 unspecified atom stereocenters. The van der Waals surface area contributed by atoms with E-state index in [0.717, 1.165) is 28.6 Å². The molecule has 0 fully saturated rings. The number of carbonyl (C=O) groups excluding carboxylic acids is 1. The second-order valence-electron chi connectivity index (χ2n) is 8.98. The Morgan fingerprint density at radius 3 is 2.45 bits per heavy atom. The van der Waals surface area contributed by atoms with Gasteiger partial charge < -0.3 is 23.5 Å². The van der Waals surface area contributed by atoms with Gasteiger partial charge in [-0.05, 0) is 66.4 Å². The van der Waals surface area contributed by atoms with Crippen LogP contribution in [-0.2, 0) is 6.42 Å². The largest absolute Gasteiger partial charge is 0.493 e. The fourth-order valence-corrected chi connectivity index (χ4v) is 4.87. The van der Waals surface area contributed by atoms with Gasteiger partial charge in [-0.2, -0.15) is 0 Å². The van der Waals surface area contributed by atoms with Crippen molar-refractivity contribution in [2.75, 3.05) is 27.4 Å². The Balaban J connectivity index is 1.54. The lowest BCUT2D eigenvalue weighted by Gasteiger charge is -2.37. The highest BCUT2D eigenvalue weighted by atomic mass is 19.1. The molecule has 2 heterocycles. The molecule has 9 heteroatoms. The number of ether oxygens (including phenoxy) is 3. The van der Waals surface area contributed by atoms with E-state index in [1.54, 1.807) is 24.3 Å². The number of carbonyl (C=O) groups is 1. The highest BCUT2D eigenvalue weighted by Gasteiger charge is 2.35. The van der Waals surface area contributed by atoms with Crippen LogP contribution in [0.3, 0.4) is 0 Å². The third-order valence-corrected chi connectivity index (χ3v) is 6.77. The van der Waals surface area contributed by atoms with Crippen molar-refractivity contribution in [2.24, 2.45) is 0 Å². The SMILES string of the molecule is COc1cc2c(cc1OC)[C@@H](COc1ccc3c(C)cc(=O)oc3c1)N(C(=O)c1c(F)cccc1F)CC2. The molecule has 0 saturated heterocycles. The number of benzene rings is 3. The zero-order chi connectivity index (χ0) is 27.0. The van der Waals surface area contributed by atoms with Crippen molar-refractivity contribution in [2.45, 2.75) is 19.4 Å². The number of fused-ring (bicyclic) bond motifs is 2.